The molecule has 0 radical (unpaired) electrons. The van der Waals surface area contributed by atoms with Gasteiger partial charge in [-0.25, -0.2) is 5.48 Å². The van der Waals surface area contributed by atoms with Crippen molar-refractivity contribution < 1.29 is 34.2 Å². The van der Waals surface area contributed by atoms with Crippen molar-refractivity contribution in [1.82, 2.24) is 5.48 Å². The molecule has 3 amide bonds. The number of thioether (sulfide) groups is 1. The summed E-state index contributed by atoms with van der Waals surface area (Å²) in [6.07, 6.45) is 3.42. The van der Waals surface area contributed by atoms with Crippen molar-refractivity contribution in [3.05, 3.63) is 89.5 Å². The lowest BCUT2D eigenvalue weighted by molar-refractivity contribution is -0.245. The highest BCUT2D eigenvalue weighted by Gasteiger charge is 2.32. The Hall–Kier alpha value is -3.74. The van der Waals surface area contributed by atoms with Gasteiger partial charge in [-0.05, 0) is 60.4 Å². The van der Waals surface area contributed by atoms with Crippen LogP contribution in [0.1, 0.15) is 81.0 Å². The zero-order valence-electron chi connectivity index (χ0n) is 25.4. The van der Waals surface area contributed by atoms with Crippen LogP contribution in [0.4, 0.5) is 11.4 Å². The predicted octanol–water partition coefficient (Wildman–Crippen LogP) is 6.26. The van der Waals surface area contributed by atoms with Crippen LogP contribution in [0.5, 0.6) is 0 Å². The molecule has 4 rings (SSSR count). The van der Waals surface area contributed by atoms with Crippen LogP contribution in [-0.2, 0) is 30.5 Å². The van der Waals surface area contributed by atoms with Crippen molar-refractivity contribution in [3.63, 3.8) is 0 Å². The van der Waals surface area contributed by atoms with Crippen molar-refractivity contribution in [3.8, 4) is 0 Å². The molecule has 3 aromatic rings. The topological polar surface area (TPSA) is 146 Å². The molecule has 5 N–H and O–H groups in total. The van der Waals surface area contributed by atoms with Gasteiger partial charge in [0, 0.05) is 53.8 Å². The number of nitrogens with one attached hydrogen (secondary N) is 3. The average molecular weight is 636 g/mol. The van der Waals surface area contributed by atoms with Crippen molar-refractivity contribution in [2.75, 3.05) is 16.4 Å². The molecule has 10 nitrogen and oxygen atoms in total. The number of ether oxygens (including phenoxy) is 2. The highest BCUT2D eigenvalue weighted by molar-refractivity contribution is 7.99. The van der Waals surface area contributed by atoms with Gasteiger partial charge in [0.05, 0.1) is 18.8 Å². The summed E-state index contributed by atoms with van der Waals surface area (Å²) in [4.78, 5) is 35.9. The summed E-state index contributed by atoms with van der Waals surface area (Å²) in [5.41, 5.74) is 5.74. The van der Waals surface area contributed by atoms with Gasteiger partial charge in [0.25, 0.3) is 0 Å². The van der Waals surface area contributed by atoms with E-state index >= 15 is 0 Å². The van der Waals surface area contributed by atoms with Crippen LogP contribution in [0.2, 0.25) is 0 Å². The molecular formula is C34H41N3O7S. The van der Waals surface area contributed by atoms with E-state index in [0.29, 0.717) is 37.1 Å². The van der Waals surface area contributed by atoms with Gasteiger partial charge < -0.3 is 25.2 Å². The van der Waals surface area contributed by atoms with Crippen LogP contribution < -0.4 is 16.1 Å². The second-order valence-corrected chi connectivity index (χ2v) is 12.1. The molecule has 0 aromatic heterocycles. The lowest BCUT2D eigenvalue weighted by Gasteiger charge is -2.36. The van der Waals surface area contributed by atoms with E-state index in [9.17, 15) is 19.5 Å². The number of hydrogen-bond donors (Lipinski definition) is 5. The van der Waals surface area contributed by atoms with Gasteiger partial charge in [-0.2, -0.15) is 0 Å². The molecule has 0 unspecified atom stereocenters. The smallest absolute Gasteiger partial charge is 0.243 e. The van der Waals surface area contributed by atoms with Gasteiger partial charge in [0.2, 0.25) is 17.7 Å². The van der Waals surface area contributed by atoms with E-state index in [2.05, 4.69) is 10.6 Å². The fourth-order valence-corrected chi connectivity index (χ4v) is 5.90. The summed E-state index contributed by atoms with van der Waals surface area (Å²) in [6, 6.07) is 22.9. The van der Waals surface area contributed by atoms with E-state index < -0.39 is 12.2 Å². The fourth-order valence-electron chi connectivity index (χ4n) is 4.98. The van der Waals surface area contributed by atoms with Gasteiger partial charge in [-0.1, -0.05) is 49.2 Å². The number of benzene rings is 3. The molecule has 1 saturated heterocycles. The van der Waals surface area contributed by atoms with Crippen molar-refractivity contribution in [2.45, 2.75) is 81.9 Å². The summed E-state index contributed by atoms with van der Waals surface area (Å²) < 4.78 is 12.9. The zero-order valence-corrected chi connectivity index (χ0v) is 26.2. The molecule has 1 fully saturated rings. The van der Waals surface area contributed by atoms with Gasteiger partial charge in [-0.15, -0.1) is 11.8 Å². The Bertz CT molecular complexity index is 1380. The number of aliphatic hydroxyl groups is 1. The molecule has 3 atom stereocenters. The molecule has 1 aliphatic heterocycles. The maximum atomic E-state index is 12.4. The van der Waals surface area contributed by atoms with Crippen LogP contribution in [0.25, 0.3) is 0 Å². The van der Waals surface area contributed by atoms with Crippen LogP contribution in [0, 0.1) is 0 Å². The molecule has 1 aliphatic rings. The summed E-state index contributed by atoms with van der Waals surface area (Å²) in [5.74, 6) is 0.122. The number of hydrogen-bond acceptors (Lipinski definition) is 8. The number of amides is 3. The first-order valence-electron chi connectivity index (χ1n) is 15.2. The number of hydroxylamine groups is 1. The third-order valence-corrected chi connectivity index (χ3v) is 8.52. The minimum atomic E-state index is -0.605. The van der Waals surface area contributed by atoms with E-state index in [1.807, 2.05) is 72.8 Å². The maximum absolute atomic E-state index is 12.4. The van der Waals surface area contributed by atoms with Crippen LogP contribution in [0.15, 0.2) is 77.7 Å². The minimum absolute atomic E-state index is 0.0219. The SMILES string of the molecule is CC(=O)Nc1ccc(SC[C@@H]2C[C@H](c3ccc(CO)cc3)O[C@H](c3ccc(NC(=O)CCCCCCC(=O)NO)cc3)O2)cc1. The second kappa shape index (κ2) is 17.7. The molecule has 240 valence electrons. The third kappa shape index (κ3) is 11.3. The van der Waals surface area contributed by atoms with E-state index in [-0.39, 0.29) is 37.0 Å². The second-order valence-electron chi connectivity index (χ2n) is 11.0. The number of aliphatic hydroxyl groups excluding tert-OH is 1. The lowest BCUT2D eigenvalue weighted by Crippen LogP contribution is -2.31. The Kier molecular flexibility index (Phi) is 13.4. The number of unbranched alkanes of at least 4 members (excludes halogenated alkanes) is 3. The third-order valence-electron chi connectivity index (χ3n) is 7.37. The minimum Gasteiger partial charge on any atom is -0.392 e. The first-order chi connectivity index (χ1) is 21.8. The van der Waals surface area contributed by atoms with Gasteiger partial charge >= 0.3 is 0 Å². The molecule has 0 aliphatic carbocycles. The van der Waals surface area contributed by atoms with Crippen molar-refractivity contribution in [1.29, 1.82) is 0 Å². The lowest BCUT2D eigenvalue weighted by atomic mass is 10.0. The van der Waals surface area contributed by atoms with Crippen LogP contribution in [-0.4, -0.2) is 39.9 Å². The Balaban J connectivity index is 1.34. The molecule has 11 heteroatoms. The van der Waals surface area contributed by atoms with E-state index in [0.717, 1.165) is 40.1 Å². The average Bonchev–Trinajstić information content (AvgIpc) is 3.06. The van der Waals surface area contributed by atoms with Crippen LogP contribution >= 0.6 is 11.8 Å². The first-order valence-corrected chi connectivity index (χ1v) is 16.2. The summed E-state index contributed by atoms with van der Waals surface area (Å²) in [7, 11) is 0. The molecule has 45 heavy (non-hydrogen) atoms. The number of anilines is 2. The molecule has 3 aromatic carbocycles. The highest BCUT2D eigenvalue weighted by atomic mass is 32.2. The quantitative estimate of drug-likeness (QED) is 0.0569. The number of carbonyl (C=O) groups excluding carboxylic acids is 3. The normalized spacial score (nSPS) is 17.8. The molecule has 0 spiro atoms. The summed E-state index contributed by atoms with van der Waals surface area (Å²) in [5, 5.41) is 23.7. The fraction of sp³-hybridized carbons (Fsp3) is 0.382. The Morgan fingerprint density at radius 1 is 0.778 bits per heavy atom. The Morgan fingerprint density at radius 3 is 2.00 bits per heavy atom. The standard InChI is InChI=1S/C34H41N3O7S/c1-23(39)35-27-16-18-30(19-17-27)45-22-29-20-31(25-10-8-24(21-38)9-11-25)44-34(43-29)26-12-14-28(15-13-26)36-32(40)6-4-2-3-5-7-33(41)37-42/h8-19,29,31,34,38,42H,2-7,20-22H2,1H3,(H,35,39)(H,36,40)(H,37,41)/t29-,31+,34+/m0/s1. The van der Waals surface area contributed by atoms with Crippen LogP contribution in [0.3, 0.4) is 0 Å². The number of carbonyl (C=O) groups is 3. The number of rotatable bonds is 15. The van der Waals surface area contributed by atoms with E-state index in [1.54, 1.807) is 17.2 Å². The molecular weight excluding hydrogens is 594 g/mol. The van der Waals surface area contributed by atoms with Gasteiger partial charge in [0.1, 0.15) is 0 Å². The van der Waals surface area contributed by atoms with Gasteiger partial charge in [0.15, 0.2) is 6.29 Å². The summed E-state index contributed by atoms with van der Waals surface area (Å²) >= 11 is 1.68. The molecule has 0 bridgehead atoms. The Morgan fingerprint density at radius 2 is 1.38 bits per heavy atom. The largest absolute Gasteiger partial charge is 0.392 e. The monoisotopic (exact) mass is 635 g/mol. The van der Waals surface area contributed by atoms with Crippen molar-refractivity contribution in [2.24, 2.45) is 0 Å². The van der Waals surface area contributed by atoms with E-state index in [4.69, 9.17) is 14.7 Å². The maximum Gasteiger partial charge on any atom is 0.243 e. The highest BCUT2D eigenvalue weighted by Crippen LogP contribution is 2.39. The summed E-state index contributed by atoms with van der Waals surface area (Å²) in [6.45, 7) is 1.46. The molecule has 0 saturated carbocycles. The molecule has 1 heterocycles. The predicted molar refractivity (Wildman–Crippen MR) is 173 cm³/mol. The first kappa shape index (κ1) is 34.1. The zero-order chi connectivity index (χ0) is 32.0. The van der Waals surface area contributed by atoms with Gasteiger partial charge in [-0.3, -0.25) is 19.6 Å². The van der Waals surface area contributed by atoms with E-state index in [1.165, 1.54) is 6.92 Å². The van der Waals surface area contributed by atoms with Crippen molar-refractivity contribution >= 4 is 40.9 Å². The Labute approximate surface area is 267 Å².